The van der Waals surface area contributed by atoms with Crippen molar-refractivity contribution in [2.24, 2.45) is 5.73 Å². The molecule has 0 aliphatic rings. The Bertz CT molecular complexity index is 462. The van der Waals surface area contributed by atoms with Gasteiger partial charge in [0.25, 0.3) is 0 Å². The molecule has 0 bridgehead atoms. The van der Waals surface area contributed by atoms with Crippen molar-refractivity contribution >= 4 is 21.6 Å². The van der Waals surface area contributed by atoms with Gasteiger partial charge in [-0.25, -0.2) is 13.1 Å². The fourth-order valence-corrected chi connectivity index (χ4v) is 3.08. The van der Waals surface area contributed by atoms with E-state index in [1.165, 1.54) is 12.1 Å². The lowest BCUT2D eigenvalue weighted by molar-refractivity contribution is 0.527. The van der Waals surface area contributed by atoms with Gasteiger partial charge in [0, 0.05) is 17.6 Å². The van der Waals surface area contributed by atoms with E-state index in [0.29, 0.717) is 5.02 Å². The van der Waals surface area contributed by atoms with Gasteiger partial charge in [-0.2, -0.15) is 0 Å². The Morgan fingerprint density at radius 3 is 2.71 bits per heavy atom. The molecule has 1 unspecified atom stereocenters. The standard InChI is InChI=1S/C11H17ClN2O2S/c1-2-4-10(8-13)14-17(15,16)11-6-3-5-9(12)7-11/h3,5-7,10,14H,2,4,8,13H2,1H3. The van der Waals surface area contributed by atoms with Gasteiger partial charge < -0.3 is 5.73 Å². The average Bonchev–Trinajstić information content (AvgIpc) is 2.28. The quantitative estimate of drug-likeness (QED) is 0.831. The Morgan fingerprint density at radius 1 is 1.47 bits per heavy atom. The Kier molecular flexibility index (Phi) is 5.39. The first-order valence-corrected chi connectivity index (χ1v) is 7.33. The lowest BCUT2D eigenvalue weighted by Crippen LogP contribution is -2.39. The molecular formula is C11H17ClN2O2S. The van der Waals surface area contributed by atoms with E-state index in [4.69, 9.17) is 17.3 Å². The number of hydrogen-bond donors (Lipinski definition) is 2. The molecule has 0 aromatic heterocycles. The van der Waals surface area contributed by atoms with Gasteiger partial charge in [-0.15, -0.1) is 0 Å². The maximum atomic E-state index is 12.0. The van der Waals surface area contributed by atoms with Crippen LogP contribution in [0.4, 0.5) is 0 Å². The fraction of sp³-hybridized carbons (Fsp3) is 0.455. The predicted molar refractivity (Wildman–Crippen MR) is 69.5 cm³/mol. The van der Waals surface area contributed by atoms with Crippen LogP contribution in [-0.4, -0.2) is 21.0 Å². The molecule has 0 spiro atoms. The first kappa shape index (κ1) is 14.4. The number of sulfonamides is 1. The number of halogens is 1. The van der Waals surface area contributed by atoms with E-state index >= 15 is 0 Å². The molecule has 17 heavy (non-hydrogen) atoms. The van der Waals surface area contributed by atoms with Crippen LogP contribution in [0.5, 0.6) is 0 Å². The zero-order chi connectivity index (χ0) is 12.9. The van der Waals surface area contributed by atoms with E-state index in [1.807, 2.05) is 6.92 Å². The lowest BCUT2D eigenvalue weighted by Gasteiger charge is -2.16. The summed E-state index contributed by atoms with van der Waals surface area (Å²) >= 11 is 5.77. The third-order valence-corrected chi connectivity index (χ3v) is 4.10. The third kappa shape index (κ3) is 4.27. The summed E-state index contributed by atoms with van der Waals surface area (Å²) in [4.78, 5) is 0.166. The molecule has 4 nitrogen and oxygen atoms in total. The third-order valence-electron chi connectivity index (χ3n) is 2.35. The summed E-state index contributed by atoms with van der Waals surface area (Å²) in [5.74, 6) is 0. The van der Waals surface area contributed by atoms with Crippen molar-refractivity contribution in [3.63, 3.8) is 0 Å². The Morgan fingerprint density at radius 2 is 2.18 bits per heavy atom. The van der Waals surface area contributed by atoms with Crippen molar-refractivity contribution in [2.75, 3.05) is 6.54 Å². The van der Waals surface area contributed by atoms with Crippen LogP contribution in [0.15, 0.2) is 29.2 Å². The maximum Gasteiger partial charge on any atom is 0.240 e. The maximum absolute atomic E-state index is 12.0. The average molecular weight is 277 g/mol. The normalized spacial score (nSPS) is 13.6. The van der Waals surface area contributed by atoms with E-state index in [2.05, 4.69) is 4.72 Å². The second-order valence-corrected chi connectivity index (χ2v) is 5.95. The molecule has 0 saturated carbocycles. The van der Waals surface area contributed by atoms with Crippen LogP contribution in [0.2, 0.25) is 5.02 Å². The van der Waals surface area contributed by atoms with Gasteiger partial charge in [-0.1, -0.05) is 31.0 Å². The van der Waals surface area contributed by atoms with Gasteiger partial charge in [-0.05, 0) is 24.6 Å². The zero-order valence-corrected chi connectivity index (χ0v) is 11.3. The van der Waals surface area contributed by atoms with Gasteiger partial charge in [-0.3, -0.25) is 0 Å². The number of nitrogens with one attached hydrogen (secondary N) is 1. The predicted octanol–water partition coefficient (Wildman–Crippen LogP) is 1.75. The summed E-state index contributed by atoms with van der Waals surface area (Å²) < 4.78 is 26.6. The first-order valence-electron chi connectivity index (χ1n) is 5.47. The molecule has 1 rings (SSSR count). The second-order valence-electron chi connectivity index (χ2n) is 3.80. The largest absolute Gasteiger partial charge is 0.329 e. The molecule has 0 radical (unpaired) electrons. The summed E-state index contributed by atoms with van der Waals surface area (Å²) in [5.41, 5.74) is 5.52. The summed E-state index contributed by atoms with van der Waals surface area (Å²) in [5, 5.41) is 0.396. The van der Waals surface area contributed by atoms with E-state index in [1.54, 1.807) is 12.1 Å². The van der Waals surface area contributed by atoms with Crippen molar-refractivity contribution in [2.45, 2.75) is 30.7 Å². The van der Waals surface area contributed by atoms with Gasteiger partial charge in [0.15, 0.2) is 0 Å². The van der Waals surface area contributed by atoms with Crippen LogP contribution in [0, 0.1) is 0 Å². The van der Waals surface area contributed by atoms with Crippen molar-refractivity contribution in [1.29, 1.82) is 0 Å². The van der Waals surface area contributed by atoms with Gasteiger partial charge in [0.1, 0.15) is 0 Å². The van der Waals surface area contributed by atoms with Crippen LogP contribution < -0.4 is 10.5 Å². The number of rotatable bonds is 6. The summed E-state index contributed by atoms with van der Waals surface area (Å²) in [6, 6.07) is 5.93. The SMILES string of the molecule is CCCC(CN)NS(=O)(=O)c1cccc(Cl)c1. The van der Waals surface area contributed by atoms with Crippen LogP contribution in [0.1, 0.15) is 19.8 Å². The highest BCUT2D eigenvalue weighted by atomic mass is 35.5. The molecule has 0 saturated heterocycles. The highest BCUT2D eigenvalue weighted by Gasteiger charge is 2.18. The molecule has 0 aliphatic heterocycles. The number of benzene rings is 1. The van der Waals surface area contributed by atoms with Crippen molar-refractivity contribution in [3.05, 3.63) is 29.3 Å². The Balaban J connectivity index is 2.88. The van der Waals surface area contributed by atoms with Crippen molar-refractivity contribution in [3.8, 4) is 0 Å². The van der Waals surface area contributed by atoms with Crippen molar-refractivity contribution < 1.29 is 8.42 Å². The molecule has 96 valence electrons. The lowest BCUT2D eigenvalue weighted by atomic mass is 10.2. The molecule has 0 amide bonds. The van der Waals surface area contributed by atoms with E-state index < -0.39 is 10.0 Å². The highest BCUT2D eigenvalue weighted by Crippen LogP contribution is 2.15. The van der Waals surface area contributed by atoms with E-state index in [-0.39, 0.29) is 17.5 Å². The van der Waals surface area contributed by atoms with Gasteiger partial charge >= 0.3 is 0 Å². The molecule has 0 aliphatic carbocycles. The van der Waals surface area contributed by atoms with E-state index in [0.717, 1.165) is 12.8 Å². The molecule has 1 aromatic carbocycles. The van der Waals surface area contributed by atoms with Crippen LogP contribution in [0.3, 0.4) is 0 Å². The summed E-state index contributed by atoms with van der Waals surface area (Å²) in [7, 11) is -3.53. The molecule has 6 heteroatoms. The number of nitrogens with two attached hydrogens (primary N) is 1. The minimum atomic E-state index is -3.53. The van der Waals surface area contributed by atoms with Crippen LogP contribution in [0.25, 0.3) is 0 Å². The highest BCUT2D eigenvalue weighted by molar-refractivity contribution is 7.89. The minimum absolute atomic E-state index is 0.166. The summed E-state index contributed by atoms with van der Waals surface area (Å²) in [6.07, 6.45) is 1.59. The van der Waals surface area contributed by atoms with Crippen LogP contribution >= 0.6 is 11.6 Å². The Hall–Kier alpha value is -0.620. The molecule has 1 atom stereocenters. The first-order chi connectivity index (χ1) is 7.99. The Labute approximate surface area is 107 Å². The molecule has 0 heterocycles. The van der Waals surface area contributed by atoms with E-state index in [9.17, 15) is 8.42 Å². The smallest absolute Gasteiger partial charge is 0.240 e. The molecular weight excluding hydrogens is 260 g/mol. The van der Waals surface area contributed by atoms with Gasteiger partial charge in [0.05, 0.1) is 4.90 Å². The fourth-order valence-electron chi connectivity index (χ4n) is 1.49. The summed E-state index contributed by atoms with van der Waals surface area (Å²) in [6.45, 7) is 2.27. The minimum Gasteiger partial charge on any atom is -0.329 e. The molecule has 1 aromatic rings. The topological polar surface area (TPSA) is 72.2 Å². The number of hydrogen-bond acceptors (Lipinski definition) is 3. The monoisotopic (exact) mass is 276 g/mol. The van der Waals surface area contributed by atoms with Crippen molar-refractivity contribution in [1.82, 2.24) is 4.72 Å². The van der Waals surface area contributed by atoms with Gasteiger partial charge in [0.2, 0.25) is 10.0 Å². The zero-order valence-electron chi connectivity index (χ0n) is 9.69. The van der Waals surface area contributed by atoms with Crippen LogP contribution in [-0.2, 0) is 10.0 Å². The molecule has 3 N–H and O–H groups in total. The molecule has 0 fully saturated rings. The second kappa shape index (κ2) is 6.35.